The zero-order valence-electron chi connectivity index (χ0n) is 15.7. The number of hydrogen-bond acceptors (Lipinski definition) is 5. The first-order chi connectivity index (χ1) is 13.2. The Balaban J connectivity index is 1.78. The van der Waals surface area contributed by atoms with Gasteiger partial charge >= 0.3 is 0 Å². The molecule has 2 heterocycles. The van der Waals surface area contributed by atoms with Gasteiger partial charge in [-0.05, 0) is 49.0 Å². The molecule has 1 aliphatic heterocycles. The quantitative estimate of drug-likeness (QED) is 0.679. The third-order valence-electron chi connectivity index (χ3n) is 5.11. The summed E-state index contributed by atoms with van der Waals surface area (Å²) in [5.41, 5.74) is 1.84. The van der Waals surface area contributed by atoms with Gasteiger partial charge in [-0.15, -0.1) is 0 Å². The van der Waals surface area contributed by atoms with E-state index in [-0.39, 0.29) is 0 Å². The molecule has 0 amide bonds. The number of likely N-dealkylation sites (N-methyl/N-ethyl adjacent to an activating group) is 1. The standard InChI is InChI=1S/C21H23ClN4O/c1-3-25-10-12-26(13-11-25)21-18-9-6-16(22)14-19(18)23-20(24-21)15-4-7-17(27-2)8-5-15/h4-9,14H,3,10-13H2,1-2H3. The van der Waals surface area contributed by atoms with E-state index < -0.39 is 0 Å². The Kier molecular flexibility index (Phi) is 5.14. The number of piperazine rings is 1. The van der Waals surface area contributed by atoms with Crippen LogP contribution in [0.15, 0.2) is 42.5 Å². The van der Waals surface area contributed by atoms with Crippen LogP contribution in [0.5, 0.6) is 5.75 Å². The molecule has 0 unspecified atom stereocenters. The second-order valence-corrected chi connectivity index (χ2v) is 7.12. The monoisotopic (exact) mass is 382 g/mol. The van der Waals surface area contributed by atoms with Crippen LogP contribution >= 0.6 is 11.6 Å². The van der Waals surface area contributed by atoms with E-state index in [1.807, 2.05) is 42.5 Å². The van der Waals surface area contributed by atoms with Crippen LogP contribution < -0.4 is 9.64 Å². The lowest BCUT2D eigenvalue weighted by atomic mass is 10.1. The molecule has 1 aromatic heterocycles. The van der Waals surface area contributed by atoms with Crippen molar-refractivity contribution < 1.29 is 4.74 Å². The SMILES string of the molecule is CCN1CCN(c2nc(-c3ccc(OC)cc3)nc3cc(Cl)ccc23)CC1. The fraction of sp³-hybridized carbons (Fsp3) is 0.333. The molecule has 2 aromatic carbocycles. The molecule has 1 aliphatic rings. The van der Waals surface area contributed by atoms with E-state index in [4.69, 9.17) is 26.3 Å². The Morgan fingerprint density at radius 3 is 2.41 bits per heavy atom. The van der Waals surface area contributed by atoms with Crippen LogP contribution in [0.4, 0.5) is 5.82 Å². The van der Waals surface area contributed by atoms with E-state index >= 15 is 0 Å². The van der Waals surface area contributed by atoms with Gasteiger partial charge in [0.1, 0.15) is 11.6 Å². The number of halogens is 1. The Bertz CT molecular complexity index is 937. The summed E-state index contributed by atoms with van der Waals surface area (Å²) in [5.74, 6) is 2.51. The van der Waals surface area contributed by atoms with Crippen molar-refractivity contribution in [2.45, 2.75) is 6.92 Å². The smallest absolute Gasteiger partial charge is 0.162 e. The van der Waals surface area contributed by atoms with Crippen molar-refractivity contribution in [1.82, 2.24) is 14.9 Å². The lowest BCUT2D eigenvalue weighted by Crippen LogP contribution is -2.46. The highest BCUT2D eigenvalue weighted by Crippen LogP contribution is 2.30. The van der Waals surface area contributed by atoms with Gasteiger partial charge < -0.3 is 14.5 Å². The van der Waals surface area contributed by atoms with E-state index in [0.29, 0.717) is 10.8 Å². The van der Waals surface area contributed by atoms with Crippen molar-refractivity contribution in [3.63, 3.8) is 0 Å². The minimum Gasteiger partial charge on any atom is -0.497 e. The first-order valence-corrected chi connectivity index (χ1v) is 9.64. The summed E-state index contributed by atoms with van der Waals surface area (Å²) in [6, 6.07) is 13.7. The lowest BCUT2D eigenvalue weighted by Gasteiger charge is -2.35. The molecule has 0 saturated carbocycles. The fourth-order valence-electron chi connectivity index (χ4n) is 3.47. The van der Waals surface area contributed by atoms with E-state index in [0.717, 1.165) is 60.8 Å². The highest BCUT2D eigenvalue weighted by molar-refractivity contribution is 6.31. The number of anilines is 1. The molecular weight excluding hydrogens is 360 g/mol. The van der Waals surface area contributed by atoms with E-state index in [9.17, 15) is 0 Å². The Morgan fingerprint density at radius 1 is 1.00 bits per heavy atom. The second kappa shape index (κ2) is 7.71. The molecule has 5 nitrogen and oxygen atoms in total. The predicted octanol–water partition coefficient (Wildman–Crippen LogP) is 4.10. The molecule has 0 N–H and O–H groups in total. The number of benzene rings is 2. The van der Waals surface area contributed by atoms with E-state index in [2.05, 4.69) is 16.7 Å². The number of aromatic nitrogens is 2. The normalized spacial score (nSPS) is 15.3. The van der Waals surface area contributed by atoms with E-state index in [1.54, 1.807) is 7.11 Å². The van der Waals surface area contributed by atoms with Crippen LogP contribution in [-0.4, -0.2) is 54.7 Å². The molecule has 0 bridgehead atoms. The van der Waals surface area contributed by atoms with Gasteiger partial charge in [0.2, 0.25) is 0 Å². The second-order valence-electron chi connectivity index (χ2n) is 6.68. The van der Waals surface area contributed by atoms with Crippen LogP contribution in [0.2, 0.25) is 5.02 Å². The lowest BCUT2D eigenvalue weighted by molar-refractivity contribution is 0.271. The largest absolute Gasteiger partial charge is 0.497 e. The summed E-state index contributed by atoms with van der Waals surface area (Å²) >= 11 is 6.24. The summed E-state index contributed by atoms with van der Waals surface area (Å²) in [4.78, 5) is 14.5. The number of rotatable bonds is 4. The average molecular weight is 383 g/mol. The number of fused-ring (bicyclic) bond motifs is 1. The summed E-state index contributed by atoms with van der Waals surface area (Å²) in [6.45, 7) is 7.32. The maximum Gasteiger partial charge on any atom is 0.162 e. The van der Waals surface area contributed by atoms with Crippen LogP contribution in [0.3, 0.4) is 0 Å². The molecule has 0 radical (unpaired) electrons. The maximum absolute atomic E-state index is 6.24. The van der Waals surface area contributed by atoms with Crippen molar-refractivity contribution in [1.29, 1.82) is 0 Å². The third kappa shape index (κ3) is 3.70. The molecule has 4 rings (SSSR count). The van der Waals surface area contributed by atoms with Gasteiger partial charge in [0, 0.05) is 42.2 Å². The number of nitrogens with zero attached hydrogens (tertiary/aromatic N) is 4. The molecule has 1 fully saturated rings. The zero-order chi connectivity index (χ0) is 18.8. The van der Waals surface area contributed by atoms with Gasteiger partial charge in [-0.25, -0.2) is 9.97 Å². The first kappa shape index (κ1) is 18.0. The van der Waals surface area contributed by atoms with E-state index in [1.165, 1.54) is 0 Å². The summed E-state index contributed by atoms with van der Waals surface area (Å²) in [5, 5.41) is 1.73. The van der Waals surface area contributed by atoms with Crippen molar-refractivity contribution in [3.05, 3.63) is 47.5 Å². The van der Waals surface area contributed by atoms with Crippen molar-refractivity contribution in [2.24, 2.45) is 0 Å². The molecule has 0 aliphatic carbocycles. The topological polar surface area (TPSA) is 41.5 Å². The third-order valence-corrected chi connectivity index (χ3v) is 5.34. The van der Waals surface area contributed by atoms with Crippen molar-refractivity contribution >= 4 is 28.3 Å². The molecule has 0 spiro atoms. The molecule has 3 aromatic rings. The number of ether oxygens (including phenoxy) is 1. The molecule has 6 heteroatoms. The van der Waals surface area contributed by atoms with Gasteiger partial charge in [-0.3, -0.25) is 0 Å². The highest BCUT2D eigenvalue weighted by atomic mass is 35.5. The minimum atomic E-state index is 0.684. The number of hydrogen-bond donors (Lipinski definition) is 0. The molecule has 1 saturated heterocycles. The summed E-state index contributed by atoms with van der Waals surface area (Å²) < 4.78 is 5.26. The average Bonchev–Trinajstić information content (AvgIpc) is 2.73. The molecule has 27 heavy (non-hydrogen) atoms. The van der Waals surface area contributed by atoms with Crippen LogP contribution in [-0.2, 0) is 0 Å². The van der Waals surface area contributed by atoms with Crippen LogP contribution in [0.1, 0.15) is 6.92 Å². The van der Waals surface area contributed by atoms with Crippen LogP contribution in [0, 0.1) is 0 Å². The van der Waals surface area contributed by atoms with Crippen molar-refractivity contribution in [2.75, 3.05) is 44.7 Å². The predicted molar refractivity (Wildman–Crippen MR) is 111 cm³/mol. The molecule has 140 valence electrons. The van der Waals surface area contributed by atoms with Gasteiger partial charge in [0.15, 0.2) is 5.82 Å². The fourth-order valence-corrected chi connectivity index (χ4v) is 3.64. The zero-order valence-corrected chi connectivity index (χ0v) is 16.4. The van der Waals surface area contributed by atoms with Crippen LogP contribution in [0.25, 0.3) is 22.3 Å². The Morgan fingerprint density at radius 2 is 1.74 bits per heavy atom. The minimum absolute atomic E-state index is 0.684. The van der Waals surface area contributed by atoms with Gasteiger partial charge in [-0.2, -0.15) is 0 Å². The maximum atomic E-state index is 6.24. The first-order valence-electron chi connectivity index (χ1n) is 9.27. The summed E-state index contributed by atoms with van der Waals surface area (Å²) in [7, 11) is 1.66. The Labute approximate surface area is 164 Å². The van der Waals surface area contributed by atoms with Crippen molar-refractivity contribution in [3.8, 4) is 17.1 Å². The van der Waals surface area contributed by atoms with Gasteiger partial charge in [-0.1, -0.05) is 18.5 Å². The van der Waals surface area contributed by atoms with Gasteiger partial charge in [0.25, 0.3) is 0 Å². The molecule has 0 atom stereocenters. The van der Waals surface area contributed by atoms with Gasteiger partial charge in [0.05, 0.1) is 12.6 Å². The number of methoxy groups -OCH3 is 1. The highest BCUT2D eigenvalue weighted by Gasteiger charge is 2.20. The Hall–Kier alpha value is -2.37. The molecular formula is C21H23ClN4O. The summed E-state index contributed by atoms with van der Waals surface area (Å²) in [6.07, 6.45) is 0.